The van der Waals surface area contributed by atoms with Crippen LogP contribution >= 0.6 is 0 Å². The normalized spacial score (nSPS) is 22.2. The van der Waals surface area contributed by atoms with Gasteiger partial charge in [-0.1, -0.05) is 71.1 Å². The van der Waals surface area contributed by atoms with Gasteiger partial charge in [0.25, 0.3) is 0 Å². The maximum absolute atomic E-state index is 11.2. The van der Waals surface area contributed by atoms with Crippen LogP contribution in [-0.4, -0.2) is 23.8 Å². The zero-order valence-electron chi connectivity index (χ0n) is 13.1. The summed E-state index contributed by atoms with van der Waals surface area (Å²) in [7, 11) is 0. The highest BCUT2D eigenvalue weighted by atomic mass is 16.6. The van der Waals surface area contributed by atoms with Crippen molar-refractivity contribution in [3.05, 3.63) is 0 Å². The number of ether oxygens (including phenoxy) is 1. The van der Waals surface area contributed by atoms with E-state index in [1.165, 1.54) is 57.8 Å². The third-order valence-corrected chi connectivity index (χ3v) is 4.35. The molecular weight excluding hydrogens is 252 g/mol. The van der Waals surface area contributed by atoms with Crippen molar-refractivity contribution in [1.29, 1.82) is 0 Å². The maximum Gasteiger partial charge on any atom is 0.306 e. The number of cyclic esters (lactones) is 1. The molecule has 0 spiro atoms. The van der Waals surface area contributed by atoms with Crippen molar-refractivity contribution < 1.29 is 14.6 Å². The van der Waals surface area contributed by atoms with E-state index in [4.69, 9.17) is 9.84 Å². The second-order valence-electron chi connectivity index (χ2n) is 6.15. The molecule has 1 aliphatic rings. The molecule has 118 valence electrons. The number of hydrogen-bond donors (Lipinski definition) is 1. The van der Waals surface area contributed by atoms with Crippen molar-refractivity contribution in [2.45, 2.75) is 90.1 Å². The molecular formula is C17H32O3. The summed E-state index contributed by atoms with van der Waals surface area (Å²) in [4.78, 5) is 11.2. The van der Waals surface area contributed by atoms with Crippen molar-refractivity contribution in [2.75, 3.05) is 6.61 Å². The fourth-order valence-electron chi connectivity index (χ4n) is 3.03. The van der Waals surface area contributed by atoms with Crippen molar-refractivity contribution in [3.63, 3.8) is 0 Å². The van der Waals surface area contributed by atoms with E-state index in [2.05, 4.69) is 6.92 Å². The monoisotopic (exact) mass is 284 g/mol. The van der Waals surface area contributed by atoms with E-state index in [9.17, 15) is 4.79 Å². The summed E-state index contributed by atoms with van der Waals surface area (Å²) < 4.78 is 5.08. The van der Waals surface area contributed by atoms with E-state index in [1.807, 2.05) is 0 Å². The van der Waals surface area contributed by atoms with Gasteiger partial charge in [0.15, 0.2) is 0 Å². The molecule has 20 heavy (non-hydrogen) atoms. The van der Waals surface area contributed by atoms with Gasteiger partial charge >= 0.3 is 5.97 Å². The molecule has 1 aliphatic heterocycles. The summed E-state index contributed by atoms with van der Waals surface area (Å²) in [5.74, 6) is 0.114. The minimum absolute atomic E-state index is 0.0197. The van der Waals surface area contributed by atoms with Crippen LogP contribution in [0.3, 0.4) is 0 Å². The number of hydrogen-bond acceptors (Lipinski definition) is 3. The highest BCUT2D eigenvalue weighted by Crippen LogP contribution is 2.27. The molecule has 3 nitrogen and oxygen atoms in total. The van der Waals surface area contributed by atoms with Gasteiger partial charge in [-0.05, 0) is 6.42 Å². The van der Waals surface area contributed by atoms with Crippen LogP contribution in [0.4, 0.5) is 0 Å². The Bertz CT molecular complexity index is 253. The van der Waals surface area contributed by atoms with Crippen LogP contribution in [0.25, 0.3) is 0 Å². The lowest BCUT2D eigenvalue weighted by molar-refractivity contribution is -0.142. The first kappa shape index (κ1) is 17.5. The lowest BCUT2D eigenvalue weighted by atomic mass is 9.94. The fraction of sp³-hybridized carbons (Fsp3) is 0.941. The molecule has 0 aromatic heterocycles. The fourth-order valence-corrected chi connectivity index (χ4v) is 3.03. The van der Waals surface area contributed by atoms with Gasteiger partial charge in [0.05, 0.1) is 13.0 Å². The zero-order chi connectivity index (χ0) is 14.6. The molecule has 1 rings (SSSR count). The number of carbonyl (C=O) groups is 1. The second kappa shape index (κ2) is 11.1. The highest BCUT2D eigenvalue weighted by Gasteiger charge is 2.33. The molecule has 2 atom stereocenters. The van der Waals surface area contributed by atoms with Crippen LogP contribution in [0.1, 0.15) is 84.0 Å². The number of rotatable bonds is 12. The number of aliphatic hydroxyl groups excluding tert-OH is 1. The first-order chi connectivity index (χ1) is 9.77. The number of carbonyl (C=O) groups excluding carboxylic acids is 1. The lowest BCUT2D eigenvalue weighted by Crippen LogP contribution is -2.20. The van der Waals surface area contributed by atoms with Crippen molar-refractivity contribution in [3.8, 4) is 0 Å². The first-order valence-corrected chi connectivity index (χ1v) is 8.58. The Morgan fingerprint density at radius 1 is 1.00 bits per heavy atom. The molecule has 0 aliphatic carbocycles. The van der Waals surface area contributed by atoms with Crippen molar-refractivity contribution >= 4 is 5.97 Å². The van der Waals surface area contributed by atoms with Gasteiger partial charge in [-0.25, -0.2) is 0 Å². The average Bonchev–Trinajstić information content (AvgIpc) is 2.81. The van der Waals surface area contributed by atoms with E-state index < -0.39 is 0 Å². The summed E-state index contributed by atoms with van der Waals surface area (Å²) in [5, 5.41) is 9.14. The molecule has 0 radical (unpaired) electrons. The van der Waals surface area contributed by atoms with Crippen molar-refractivity contribution in [2.24, 2.45) is 5.92 Å². The quantitative estimate of drug-likeness (QED) is 0.431. The van der Waals surface area contributed by atoms with Gasteiger partial charge in [0.1, 0.15) is 6.10 Å². The molecule has 0 aromatic rings. The van der Waals surface area contributed by atoms with E-state index in [0.29, 0.717) is 6.42 Å². The number of unbranched alkanes of at least 4 members (excludes halogenated alkanes) is 9. The average molecular weight is 284 g/mol. The standard InChI is InChI=1S/C17H32O3/c1-2-3-4-5-6-7-8-9-10-11-12-15-13-17(19)20-16(15)14-18/h15-16,18H,2-14H2,1H3/t15-,16+/m0/s1. The summed E-state index contributed by atoms with van der Waals surface area (Å²) in [6.45, 7) is 2.23. The molecule has 1 fully saturated rings. The Labute approximate surface area is 124 Å². The van der Waals surface area contributed by atoms with E-state index in [0.717, 1.165) is 12.8 Å². The highest BCUT2D eigenvalue weighted by molar-refractivity contribution is 5.72. The Kier molecular flexibility index (Phi) is 9.73. The molecule has 1 heterocycles. The molecule has 0 saturated carbocycles. The lowest BCUT2D eigenvalue weighted by Gasteiger charge is -2.14. The van der Waals surface area contributed by atoms with Crippen LogP contribution in [0, 0.1) is 5.92 Å². The van der Waals surface area contributed by atoms with Crippen molar-refractivity contribution in [1.82, 2.24) is 0 Å². The molecule has 0 bridgehead atoms. The van der Waals surface area contributed by atoms with Crippen LogP contribution in [0.5, 0.6) is 0 Å². The molecule has 3 heteroatoms. The Morgan fingerprint density at radius 2 is 1.55 bits per heavy atom. The van der Waals surface area contributed by atoms with Crippen LogP contribution in [-0.2, 0) is 9.53 Å². The van der Waals surface area contributed by atoms with Gasteiger partial charge in [0, 0.05) is 5.92 Å². The SMILES string of the molecule is CCCCCCCCCCCC[C@H]1CC(=O)O[C@@H]1CO. The van der Waals surface area contributed by atoms with Gasteiger partial charge in [-0.15, -0.1) is 0 Å². The van der Waals surface area contributed by atoms with Gasteiger partial charge in [-0.2, -0.15) is 0 Å². The summed E-state index contributed by atoms with van der Waals surface area (Å²) in [6.07, 6.45) is 14.6. The molecule has 1 saturated heterocycles. The van der Waals surface area contributed by atoms with Gasteiger partial charge in [-0.3, -0.25) is 4.79 Å². The zero-order valence-corrected chi connectivity index (χ0v) is 13.1. The first-order valence-electron chi connectivity index (χ1n) is 8.58. The van der Waals surface area contributed by atoms with Gasteiger partial charge < -0.3 is 9.84 Å². The van der Waals surface area contributed by atoms with E-state index in [1.54, 1.807) is 0 Å². The second-order valence-corrected chi connectivity index (χ2v) is 6.15. The summed E-state index contributed by atoms with van der Waals surface area (Å²) >= 11 is 0. The number of aliphatic hydroxyl groups is 1. The third kappa shape index (κ3) is 7.28. The molecule has 0 unspecified atom stereocenters. The van der Waals surface area contributed by atoms with Crippen LogP contribution < -0.4 is 0 Å². The Morgan fingerprint density at radius 3 is 2.10 bits per heavy atom. The molecule has 1 N–H and O–H groups in total. The Hall–Kier alpha value is -0.570. The predicted octanol–water partition coefficient (Wildman–Crippen LogP) is 4.22. The van der Waals surface area contributed by atoms with E-state index >= 15 is 0 Å². The smallest absolute Gasteiger partial charge is 0.306 e. The molecule has 0 aromatic carbocycles. The van der Waals surface area contributed by atoms with Crippen LogP contribution in [0.15, 0.2) is 0 Å². The minimum Gasteiger partial charge on any atom is -0.460 e. The van der Waals surface area contributed by atoms with E-state index in [-0.39, 0.29) is 24.6 Å². The number of esters is 1. The van der Waals surface area contributed by atoms with Gasteiger partial charge in [0.2, 0.25) is 0 Å². The third-order valence-electron chi connectivity index (χ3n) is 4.35. The van der Waals surface area contributed by atoms with Crippen LogP contribution in [0.2, 0.25) is 0 Å². The summed E-state index contributed by atoms with van der Waals surface area (Å²) in [5.41, 5.74) is 0. The predicted molar refractivity (Wildman–Crippen MR) is 81.5 cm³/mol. The largest absolute Gasteiger partial charge is 0.460 e. The maximum atomic E-state index is 11.2. The Balaban J connectivity index is 1.88. The topological polar surface area (TPSA) is 46.5 Å². The summed E-state index contributed by atoms with van der Waals surface area (Å²) in [6, 6.07) is 0. The molecule has 0 amide bonds. The minimum atomic E-state index is -0.235.